The van der Waals surface area contributed by atoms with E-state index in [-0.39, 0.29) is 17.9 Å². The van der Waals surface area contributed by atoms with Crippen LogP contribution in [-0.4, -0.2) is 40.2 Å². The van der Waals surface area contributed by atoms with Crippen LogP contribution in [0, 0.1) is 0 Å². The molecule has 1 atom stereocenters. The fraction of sp³-hybridized carbons (Fsp3) is 0.818. The molecule has 0 aromatic heterocycles. The average molecular weight is 291 g/mol. The second-order valence-electron chi connectivity index (χ2n) is 4.76. The van der Waals surface area contributed by atoms with Gasteiger partial charge in [-0.3, -0.25) is 9.59 Å². The largest absolute Gasteiger partial charge is 0.352 e. The van der Waals surface area contributed by atoms with Crippen molar-refractivity contribution in [1.82, 2.24) is 10.2 Å². The van der Waals surface area contributed by atoms with Crippen LogP contribution in [0.5, 0.6) is 0 Å². The highest BCUT2D eigenvalue weighted by Crippen LogP contribution is 2.22. The molecule has 1 rings (SSSR count). The number of rotatable bonds is 2. The van der Waals surface area contributed by atoms with Crippen LogP contribution in [0.25, 0.3) is 0 Å². The lowest BCUT2D eigenvalue weighted by molar-refractivity contribution is -0.134. The molecular weight excluding hydrogens is 272 g/mol. The van der Waals surface area contributed by atoms with Crippen molar-refractivity contribution in [3.63, 3.8) is 0 Å². The van der Waals surface area contributed by atoms with Crippen molar-refractivity contribution >= 4 is 27.7 Å². The highest BCUT2D eigenvalue weighted by molar-refractivity contribution is 9.10. The number of alkyl halides is 1. The van der Waals surface area contributed by atoms with Gasteiger partial charge < -0.3 is 10.2 Å². The first kappa shape index (κ1) is 13.5. The third-order valence-electron chi connectivity index (χ3n) is 2.62. The van der Waals surface area contributed by atoms with Gasteiger partial charge in [-0.05, 0) is 26.7 Å². The lowest BCUT2D eigenvalue weighted by Crippen LogP contribution is -2.52. The number of likely N-dealkylation sites (tertiary alicyclic amines) is 1. The number of nitrogens with one attached hydrogen (secondary N) is 1. The highest BCUT2D eigenvalue weighted by Gasteiger charge is 2.32. The topological polar surface area (TPSA) is 49.4 Å². The Hall–Kier alpha value is -0.580. The Labute approximate surface area is 105 Å². The molecule has 2 amide bonds. The maximum absolute atomic E-state index is 12.0. The molecule has 1 heterocycles. The summed E-state index contributed by atoms with van der Waals surface area (Å²) in [5, 5.41) is 2.87. The summed E-state index contributed by atoms with van der Waals surface area (Å²) < 4.78 is -0.523. The van der Waals surface area contributed by atoms with Gasteiger partial charge in [0.15, 0.2) is 0 Å². The van der Waals surface area contributed by atoms with Gasteiger partial charge in [-0.15, -0.1) is 0 Å². The minimum Gasteiger partial charge on any atom is -0.352 e. The van der Waals surface area contributed by atoms with E-state index in [9.17, 15) is 9.59 Å². The second kappa shape index (κ2) is 5.17. The van der Waals surface area contributed by atoms with E-state index in [1.54, 1.807) is 0 Å². The van der Waals surface area contributed by atoms with Crippen molar-refractivity contribution in [3.05, 3.63) is 0 Å². The molecule has 1 unspecified atom stereocenters. The first-order valence-electron chi connectivity index (χ1n) is 5.56. The van der Waals surface area contributed by atoms with Gasteiger partial charge in [0.25, 0.3) is 0 Å². The fourth-order valence-corrected chi connectivity index (χ4v) is 2.19. The van der Waals surface area contributed by atoms with Gasteiger partial charge in [0.05, 0.1) is 4.32 Å². The lowest BCUT2D eigenvalue weighted by Gasteiger charge is -2.35. The first-order chi connectivity index (χ1) is 7.30. The van der Waals surface area contributed by atoms with E-state index in [4.69, 9.17) is 0 Å². The Morgan fingerprint density at radius 3 is 2.56 bits per heavy atom. The van der Waals surface area contributed by atoms with Crippen molar-refractivity contribution in [1.29, 1.82) is 0 Å². The van der Waals surface area contributed by atoms with Crippen LogP contribution in [0.2, 0.25) is 0 Å². The standard InChI is InChI=1S/C11H19BrN2O2/c1-8(15)13-9-5-4-6-14(7-9)10(16)11(2,3)12/h9H,4-7H2,1-3H3,(H,13,15). The summed E-state index contributed by atoms with van der Waals surface area (Å²) in [6.07, 6.45) is 1.89. The number of halogens is 1. The number of nitrogens with zero attached hydrogens (tertiary/aromatic N) is 1. The lowest BCUT2D eigenvalue weighted by atomic mass is 10.0. The average Bonchev–Trinajstić information content (AvgIpc) is 2.14. The van der Waals surface area contributed by atoms with Crippen LogP contribution in [0.3, 0.4) is 0 Å². The summed E-state index contributed by atoms with van der Waals surface area (Å²) in [4.78, 5) is 24.8. The van der Waals surface area contributed by atoms with E-state index in [0.29, 0.717) is 6.54 Å². The molecule has 0 aromatic carbocycles. The number of piperidine rings is 1. The van der Waals surface area contributed by atoms with Gasteiger partial charge in [0.2, 0.25) is 11.8 Å². The molecule has 1 aliphatic rings. The number of hydrogen-bond donors (Lipinski definition) is 1. The molecule has 0 bridgehead atoms. The van der Waals surface area contributed by atoms with Crippen molar-refractivity contribution < 1.29 is 9.59 Å². The monoisotopic (exact) mass is 290 g/mol. The molecule has 0 aromatic rings. The number of carbonyl (C=O) groups excluding carboxylic acids is 2. The van der Waals surface area contributed by atoms with Crippen LogP contribution < -0.4 is 5.32 Å². The Morgan fingerprint density at radius 1 is 1.44 bits per heavy atom. The summed E-state index contributed by atoms with van der Waals surface area (Å²) in [6.45, 7) is 6.60. The molecule has 0 aliphatic carbocycles. The van der Waals surface area contributed by atoms with Gasteiger partial charge in [-0.25, -0.2) is 0 Å². The summed E-state index contributed by atoms with van der Waals surface area (Å²) >= 11 is 3.37. The summed E-state index contributed by atoms with van der Waals surface area (Å²) in [6, 6.07) is 0.102. The van der Waals surface area contributed by atoms with Crippen molar-refractivity contribution in [2.75, 3.05) is 13.1 Å². The van der Waals surface area contributed by atoms with E-state index in [1.807, 2.05) is 18.7 Å². The minimum atomic E-state index is -0.523. The van der Waals surface area contributed by atoms with Gasteiger partial charge >= 0.3 is 0 Å². The zero-order chi connectivity index (χ0) is 12.3. The van der Waals surface area contributed by atoms with Crippen LogP contribution in [0.4, 0.5) is 0 Å². The van der Waals surface area contributed by atoms with Gasteiger partial charge in [-0.1, -0.05) is 15.9 Å². The fourth-order valence-electron chi connectivity index (χ4n) is 1.94. The molecule has 4 nitrogen and oxygen atoms in total. The predicted molar refractivity (Wildman–Crippen MR) is 66.4 cm³/mol. The Balaban J connectivity index is 2.57. The number of amides is 2. The SMILES string of the molecule is CC(=O)NC1CCCN(C(=O)C(C)(C)Br)C1. The van der Waals surface area contributed by atoms with Crippen molar-refractivity contribution in [3.8, 4) is 0 Å². The third kappa shape index (κ3) is 3.77. The molecule has 92 valence electrons. The predicted octanol–water partition coefficient (Wildman–Crippen LogP) is 1.29. The maximum Gasteiger partial charge on any atom is 0.238 e. The Bertz CT molecular complexity index is 286. The molecule has 1 N–H and O–H groups in total. The van der Waals surface area contributed by atoms with E-state index in [1.165, 1.54) is 6.92 Å². The van der Waals surface area contributed by atoms with Crippen LogP contribution in [-0.2, 0) is 9.59 Å². The number of carbonyl (C=O) groups is 2. The molecule has 0 spiro atoms. The molecule has 1 aliphatic heterocycles. The maximum atomic E-state index is 12.0. The molecule has 1 saturated heterocycles. The van der Waals surface area contributed by atoms with E-state index >= 15 is 0 Å². The second-order valence-corrected chi connectivity index (χ2v) is 6.75. The van der Waals surface area contributed by atoms with Crippen molar-refractivity contribution in [2.24, 2.45) is 0 Å². The Morgan fingerprint density at radius 2 is 2.06 bits per heavy atom. The molecular formula is C11H19BrN2O2. The summed E-state index contributed by atoms with van der Waals surface area (Å²) in [7, 11) is 0. The quantitative estimate of drug-likeness (QED) is 0.779. The van der Waals surface area contributed by atoms with Gasteiger partial charge in [-0.2, -0.15) is 0 Å². The smallest absolute Gasteiger partial charge is 0.238 e. The molecule has 16 heavy (non-hydrogen) atoms. The minimum absolute atomic E-state index is 0.0302. The molecule has 0 saturated carbocycles. The van der Waals surface area contributed by atoms with Crippen LogP contribution in [0.1, 0.15) is 33.6 Å². The van der Waals surface area contributed by atoms with Gasteiger partial charge in [0, 0.05) is 26.1 Å². The Kier molecular flexibility index (Phi) is 4.35. The van der Waals surface area contributed by atoms with Crippen LogP contribution in [0.15, 0.2) is 0 Å². The first-order valence-corrected chi connectivity index (χ1v) is 6.35. The van der Waals surface area contributed by atoms with Crippen LogP contribution >= 0.6 is 15.9 Å². The highest BCUT2D eigenvalue weighted by atomic mass is 79.9. The van der Waals surface area contributed by atoms with E-state index in [0.717, 1.165) is 19.4 Å². The molecule has 1 fully saturated rings. The summed E-state index contributed by atoms with van der Waals surface area (Å²) in [5.74, 6) is 0.0555. The zero-order valence-corrected chi connectivity index (χ0v) is 11.6. The van der Waals surface area contributed by atoms with Crippen molar-refractivity contribution in [2.45, 2.75) is 44.0 Å². The van der Waals surface area contributed by atoms with E-state index in [2.05, 4.69) is 21.2 Å². The third-order valence-corrected chi connectivity index (χ3v) is 2.96. The molecule has 0 radical (unpaired) electrons. The normalized spacial score (nSPS) is 21.8. The zero-order valence-electron chi connectivity index (χ0n) is 10.0. The molecule has 5 heteroatoms. The van der Waals surface area contributed by atoms with Gasteiger partial charge in [0.1, 0.15) is 0 Å². The summed E-state index contributed by atoms with van der Waals surface area (Å²) in [5.41, 5.74) is 0. The van der Waals surface area contributed by atoms with E-state index < -0.39 is 4.32 Å². The number of hydrogen-bond acceptors (Lipinski definition) is 2.